The number of anilines is 4. The van der Waals surface area contributed by atoms with Gasteiger partial charge in [0.25, 0.3) is 0 Å². The zero-order chi connectivity index (χ0) is 14.6. The Hall–Kier alpha value is -2.41. The lowest BCUT2D eigenvalue weighted by Gasteiger charge is -2.20. The average Bonchev–Trinajstić information content (AvgIpc) is 2.37. The monoisotopic (exact) mass is 273 g/mol. The lowest BCUT2D eigenvalue weighted by Crippen LogP contribution is -2.28. The van der Waals surface area contributed by atoms with Gasteiger partial charge in [0.2, 0.25) is 17.8 Å². The van der Waals surface area contributed by atoms with E-state index in [1.54, 1.807) is 0 Å². The summed E-state index contributed by atoms with van der Waals surface area (Å²) in [6.07, 6.45) is 0. The highest BCUT2D eigenvalue weighted by molar-refractivity contribution is 5.55. The van der Waals surface area contributed by atoms with Crippen molar-refractivity contribution < 1.29 is 0 Å². The van der Waals surface area contributed by atoms with Crippen LogP contribution in [0.25, 0.3) is 0 Å². The lowest BCUT2D eigenvalue weighted by molar-refractivity contribution is 0.625. The average molecular weight is 273 g/mol. The molecular formula is C13H19N7. The zero-order valence-electron chi connectivity index (χ0n) is 11.8. The molecule has 0 aliphatic heterocycles. The number of hydrazine groups is 1. The van der Waals surface area contributed by atoms with Gasteiger partial charge >= 0.3 is 0 Å². The Morgan fingerprint density at radius 1 is 0.900 bits per heavy atom. The van der Waals surface area contributed by atoms with Gasteiger partial charge in [-0.15, -0.1) is 0 Å². The molecule has 1 aromatic carbocycles. The zero-order valence-corrected chi connectivity index (χ0v) is 11.8. The molecule has 0 radical (unpaired) electrons. The van der Waals surface area contributed by atoms with Gasteiger partial charge in [-0.25, -0.2) is 5.84 Å². The first-order valence-electron chi connectivity index (χ1n) is 6.29. The van der Waals surface area contributed by atoms with Gasteiger partial charge in [0.1, 0.15) is 0 Å². The van der Waals surface area contributed by atoms with Crippen molar-refractivity contribution in [1.29, 1.82) is 0 Å². The van der Waals surface area contributed by atoms with Gasteiger partial charge in [0, 0.05) is 11.2 Å². The highest BCUT2D eigenvalue weighted by Gasteiger charge is 2.13. The highest BCUT2D eigenvalue weighted by Crippen LogP contribution is 2.17. The summed E-state index contributed by atoms with van der Waals surface area (Å²) in [6.45, 7) is 6.07. The number of hydrogen-bond donors (Lipinski definition) is 4. The number of nitrogens with two attached hydrogens (primary N) is 1. The molecule has 0 atom stereocenters. The van der Waals surface area contributed by atoms with Gasteiger partial charge in [-0.05, 0) is 32.9 Å². The van der Waals surface area contributed by atoms with E-state index in [4.69, 9.17) is 5.84 Å². The predicted molar refractivity (Wildman–Crippen MR) is 80.7 cm³/mol. The number of nitrogen functional groups attached to an aromatic ring is 1. The Morgan fingerprint density at radius 2 is 1.50 bits per heavy atom. The Balaban J connectivity index is 2.26. The van der Waals surface area contributed by atoms with E-state index in [2.05, 4.69) is 31.0 Å². The third-order valence-corrected chi connectivity index (χ3v) is 2.28. The molecule has 0 spiro atoms. The normalized spacial score (nSPS) is 11.0. The van der Waals surface area contributed by atoms with Gasteiger partial charge in [0.05, 0.1) is 0 Å². The second-order valence-electron chi connectivity index (χ2n) is 5.32. The fourth-order valence-electron chi connectivity index (χ4n) is 1.54. The van der Waals surface area contributed by atoms with E-state index in [1.165, 1.54) is 0 Å². The van der Waals surface area contributed by atoms with Crippen molar-refractivity contribution in [3.8, 4) is 0 Å². The topological polar surface area (TPSA) is 101 Å². The SMILES string of the molecule is CC(C)(C)Nc1nc(NN)nc(Nc2ccccc2)n1. The first kappa shape index (κ1) is 14.0. The summed E-state index contributed by atoms with van der Waals surface area (Å²) in [5.41, 5.74) is 3.17. The standard InChI is InChI=1S/C13H19N7/c1-13(2,3)19-11-16-10(17-12(18-11)20-14)15-9-7-5-4-6-8-9/h4-8H,14H2,1-3H3,(H3,15,16,17,18,19,20). The van der Waals surface area contributed by atoms with Crippen LogP contribution >= 0.6 is 0 Å². The minimum absolute atomic E-state index is 0.156. The molecule has 2 rings (SSSR count). The number of rotatable bonds is 4. The summed E-state index contributed by atoms with van der Waals surface area (Å²) in [5.74, 6) is 6.56. The van der Waals surface area contributed by atoms with Gasteiger partial charge in [0.15, 0.2) is 0 Å². The van der Waals surface area contributed by atoms with Gasteiger partial charge in [-0.3, -0.25) is 5.43 Å². The molecule has 0 aliphatic rings. The second kappa shape index (κ2) is 5.70. The molecule has 0 unspecified atom stereocenters. The Morgan fingerprint density at radius 3 is 2.10 bits per heavy atom. The van der Waals surface area contributed by atoms with Crippen molar-refractivity contribution in [2.24, 2.45) is 5.84 Å². The highest BCUT2D eigenvalue weighted by atomic mass is 15.4. The molecule has 0 bridgehead atoms. The first-order chi connectivity index (χ1) is 9.46. The summed E-state index contributed by atoms with van der Waals surface area (Å²) in [6, 6.07) is 9.66. The Kier molecular flexibility index (Phi) is 3.99. The molecule has 106 valence electrons. The van der Waals surface area contributed by atoms with E-state index in [-0.39, 0.29) is 5.54 Å². The fourth-order valence-corrected chi connectivity index (χ4v) is 1.54. The summed E-state index contributed by atoms with van der Waals surface area (Å²) in [5, 5.41) is 6.29. The largest absolute Gasteiger partial charge is 0.349 e. The van der Waals surface area contributed by atoms with E-state index < -0.39 is 0 Å². The summed E-state index contributed by atoms with van der Waals surface area (Å²) in [4.78, 5) is 12.7. The van der Waals surface area contributed by atoms with E-state index in [9.17, 15) is 0 Å². The molecule has 1 heterocycles. The van der Waals surface area contributed by atoms with E-state index >= 15 is 0 Å². The molecule has 0 saturated carbocycles. The maximum Gasteiger partial charge on any atom is 0.243 e. The number of nitrogens with one attached hydrogen (secondary N) is 3. The molecule has 0 amide bonds. The Bertz CT molecular complexity index is 563. The number of benzene rings is 1. The van der Waals surface area contributed by atoms with Crippen LogP contribution < -0.4 is 21.9 Å². The van der Waals surface area contributed by atoms with Crippen LogP contribution in [0, 0.1) is 0 Å². The van der Waals surface area contributed by atoms with E-state index in [0.717, 1.165) is 5.69 Å². The van der Waals surface area contributed by atoms with Crippen LogP contribution in [0.4, 0.5) is 23.5 Å². The molecule has 0 saturated heterocycles. The minimum atomic E-state index is -0.156. The maximum atomic E-state index is 5.39. The fraction of sp³-hybridized carbons (Fsp3) is 0.308. The summed E-state index contributed by atoms with van der Waals surface area (Å²) in [7, 11) is 0. The van der Waals surface area contributed by atoms with Gasteiger partial charge in [-0.1, -0.05) is 18.2 Å². The third kappa shape index (κ3) is 4.06. The molecule has 1 aromatic heterocycles. The summed E-state index contributed by atoms with van der Waals surface area (Å²) < 4.78 is 0. The van der Waals surface area contributed by atoms with Crippen molar-refractivity contribution in [1.82, 2.24) is 15.0 Å². The van der Waals surface area contributed by atoms with Crippen LogP contribution in [0.5, 0.6) is 0 Å². The quantitative estimate of drug-likeness (QED) is 0.500. The minimum Gasteiger partial charge on any atom is -0.349 e. The van der Waals surface area contributed by atoms with E-state index in [0.29, 0.717) is 17.8 Å². The van der Waals surface area contributed by atoms with Crippen molar-refractivity contribution in [3.05, 3.63) is 30.3 Å². The van der Waals surface area contributed by atoms with Gasteiger partial charge in [-0.2, -0.15) is 15.0 Å². The molecule has 0 fully saturated rings. The molecule has 20 heavy (non-hydrogen) atoms. The maximum absolute atomic E-state index is 5.39. The molecule has 7 nitrogen and oxygen atoms in total. The van der Waals surface area contributed by atoms with Crippen LogP contribution in [-0.2, 0) is 0 Å². The second-order valence-corrected chi connectivity index (χ2v) is 5.32. The first-order valence-corrected chi connectivity index (χ1v) is 6.29. The van der Waals surface area contributed by atoms with E-state index in [1.807, 2.05) is 51.1 Å². The Labute approximate surface area is 118 Å². The van der Waals surface area contributed by atoms with Crippen LogP contribution in [0.2, 0.25) is 0 Å². The van der Waals surface area contributed by atoms with Crippen molar-refractivity contribution in [2.45, 2.75) is 26.3 Å². The lowest BCUT2D eigenvalue weighted by atomic mass is 10.1. The third-order valence-electron chi connectivity index (χ3n) is 2.28. The number of para-hydroxylation sites is 1. The molecule has 7 heteroatoms. The van der Waals surface area contributed by atoms with Crippen LogP contribution in [0.15, 0.2) is 30.3 Å². The number of nitrogens with zero attached hydrogens (tertiary/aromatic N) is 3. The van der Waals surface area contributed by atoms with Crippen molar-refractivity contribution >= 4 is 23.5 Å². The summed E-state index contributed by atoms with van der Waals surface area (Å²) >= 11 is 0. The molecule has 0 aliphatic carbocycles. The van der Waals surface area contributed by atoms with Crippen LogP contribution in [-0.4, -0.2) is 20.5 Å². The van der Waals surface area contributed by atoms with Crippen LogP contribution in [0.3, 0.4) is 0 Å². The smallest absolute Gasteiger partial charge is 0.243 e. The number of hydrogen-bond acceptors (Lipinski definition) is 7. The molecular weight excluding hydrogens is 254 g/mol. The van der Waals surface area contributed by atoms with Crippen molar-refractivity contribution in [2.75, 3.05) is 16.1 Å². The predicted octanol–water partition coefficient (Wildman–Crippen LogP) is 2.11. The molecule has 5 N–H and O–H groups in total. The van der Waals surface area contributed by atoms with Crippen LogP contribution in [0.1, 0.15) is 20.8 Å². The molecule has 2 aromatic rings. The number of aromatic nitrogens is 3. The van der Waals surface area contributed by atoms with Crippen molar-refractivity contribution in [3.63, 3.8) is 0 Å². The van der Waals surface area contributed by atoms with Gasteiger partial charge < -0.3 is 10.6 Å².